The molecule has 0 aliphatic carbocycles. The molecule has 1 saturated heterocycles. The van der Waals surface area contributed by atoms with Crippen LogP contribution in [-0.4, -0.2) is 69.6 Å². The summed E-state index contributed by atoms with van der Waals surface area (Å²) >= 11 is 0. The third-order valence-corrected chi connectivity index (χ3v) is 4.86. The Kier molecular flexibility index (Phi) is 4.76. The maximum Gasteiger partial charge on any atom is 0.272 e. The van der Waals surface area contributed by atoms with Crippen LogP contribution in [0.25, 0.3) is 0 Å². The fraction of sp³-hybridized carbons (Fsp3) is 0.500. The predicted octanol–water partition coefficient (Wildman–Crippen LogP) is 0.882. The standard InChI is InChI=1S/C18H23N5O2/c24-18(16-3-1-2-4-19-16)23-13-15(11-21-7-9-25-10-8-21)12-22-6-5-20-17(22)14-23/h1-6,15H,7-14H2/t15-/m1/s1. The molecule has 132 valence electrons. The van der Waals surface area contributed by atoms with Gasteiger partial charge in [0.2, 0.25) is 0 Å². The van der Waals surface area contributed by atoms with Gasteiger partial charge in [-0.3, -0.25) is 14.7 Å². The highest BCUT2D eigenvalue weighted by Gasteiger charge is 2.28. The largest absolute Gasteiger partial charge is 0.379 e. The van der Waals surface area contributed by atoms with Gasteiger partial charge in [0.15, 0.2) is 0 Å². The van der Waals surface area contributed by atoms with Crippen LogP contribution < -0.4 is 0 Å². The van der Waals surface area contributed by atoms with Gasteiger partial charge in [0.05, 0.1) is 19.8 Å². The number of carbonyl (C=O) groups is 1. The van der Waals surface area contributed by atoms with Gasteiger partial charge in [0.25, 0.3) is 5.91 Å². The Morgan fingerprint density at radius 3 is 2.84 bits per heavy atom. The molecule has 1 atom stereocenters. The molecule has 2 aromatic heterocycles. The summed E-state index contributed by atoms with van der Waals surface area (Å²) in [5.74, 6) is 1.28. The lowest BCUT2D eigenvalue weighted by atomic mass is 10.1. The maximum atomic E-state index is 12.9. The van der Waals surface area contributed by atoms with Gasteiger partial charge in [0, 0.05) is 57.2 Å². The summed E-state index contributed by atoms with van der Waals surface area (Å²) in [6.07, 6.45) is 5.49. The van der Waals surface area contributed by atoms with Crippen molar-refractivity contribution < 1.29 is 9.53 Å². The lowest BCUT2D eigenvalue weighted by molar-refractivity contribution is 0.0263. The van der Waals surface area contributed by atoms with E-state index in [1.165, 1.54) is 0 Å². The number of nitrogens with zero attached hydrogens (tertiary/aromatic N) is 5. The Morgan fingerprint density at radius 2 is 2.04 bits per heavy atom. The number of morpholine rings is 1. The molecule has 7 nitrogen and oxygen atoms in total. The van der Waals surface area contributed by atoms with Gasteiger partial charge in [0.1, 0.15) is 11.5 Å². The average molecular weight is 341 g/mol. The summed E-state index contributed by atoms with van der Waals surface area (Å²) in [6.45, 7) is 6.60. The summed E-state index contributed by atoms with van der Waals surface area (Å²) in [6, 6.07) is 5.45. The molecule has 0 unspecified atom stereocenters. The number of hydrogen-bond donors (Lipinski definition) is 0. The van der Waals surface area contributed by atoms with Crippen LogP contribution in [0.2, 0.25) is 0 Å². The quantitative estimate of drug-likeness (QED) is 0.829. The van der Waals surface area contributed by atoms with Crippen molar-refractivity contribution in [3.8, 4) is 0 Å². The number of rotatable bonds is 3. The third-order valence-electron chi connectivity index (χ3n) is 4.86. The highest BCUT2D eigenvalue weighted by Crippen LogP contribution is 2.18. The van der Waals surface area contributed by atoms with Gasteiger partial charge in [-0.15, -0.1) is 0 Å². The molecule has 7 heteroatoms. The summed E-state index contributed by atoms with van der Waals surface area (Å²) in [5, 5.41) is 0. The Labute approximate surface area is 147 Å². The van der Waals surface area contributed by atoms with Crippen LogP contribution in [0.4, 0.5) is 0 Å². The van der Waals surface area contributed by atoms with E-state index in [0.717, 1.165) is 51.8 Å². The van der Waals surface area contributed by atoms with Crippen LogP contribution in [0.1, 0.15) is 16.3 Å². The highest BCUT2D eigenvalue weighted by molar-refractivity contribution is 5.92. The fourth-order valence-electron chi connectivity index (χ4n) is 3.61. The van der Waals surface area contributed by atoms with Crippen LogP contribution in [0.3, 0.4) is 0 Å². The first-order chi connectivity index (χ1) is 12.3. The predicted molar refractivity (Wildman–Crippen MR) is 92.0 cm³/mol. The van der Waals surface area contributed by atoms with E-state index in [0.29, 0.717) is 18.2 Å². The smallest absolute Gasteiger partial charge is 0.272 e. The van der Waals surface area contributed by atoms with E-state index in [-0.39, 0.29) is 5.91 Å². The molecule has 0 N–H and O–H groups in total. The summed E-state index contributed by atoms with van der Waals surface area (Å²) in [5.41, 5.74) is 0.493. The molecule has 0 radical (unpaired) electrons. The number of imidazole rings is 1. The first kappa shape index (κ1) is 16.2. The van der Waals surface area contributed by atoms with Crippen molar-refractivity contribution in [2.24, 2.45) is 5.92 Å². The molecule has 4 rings (SSSR count). The van der Waals surface area contributed by atoms with Crippen LogP contribution in [0.5, 0.6) is 0 Å². The van der Waals surface area contributed by atoms with Gasteiger partial charge in [-0.05, 0) is 12.1 Å². The number of aromatic nitrogens is 3. The molecule has 0 saturated carbocycles. The van der Waals surface area contributed by atoms with Crippen LogP contribution in [0.15, 0.2) is 36.8 Å². The zero-order valence-corrected chi connectivity index (χ0v) is 14.3. The third kappa shape index (κ3) is 3.72. The second-order valence-corrected chi connectivity index (χ2v) is 6.68. The van der Waals surface area contributed by atoms with E-state index < -0.39 is 0 Å². The Balaban J connectivity index is 1.53. The molecule has 1 fully saturated rings. The number of ether oxygens (including phenoxy) is 1. The van der Waals surface area contributed by atoms with Gasteiger partial charge in [-0.1, -0.05) is 6.07 Å². The number of pyridine rings is 1. The minimum absolute atomic E-state index is 0.0240. The van der Waals surface area contributed by atoms with E-state index in [2.05, 4.69) is 19.4 Å². The van der Waals surface area contributed by atoms with Gasteiger partial charge < -0.3 is 14.2 Å². The topological polar surface area (TPSA) is 63.5 Å². The molecule has 4 heterocycles. The molecular weight excluding hydrogens is 318 g/mol. The number of hydrogen-bond acceptors (Lipinski definition) is 5. The normalized spacial score (nSPS) is 21.6. The molecule has 0 spiro atoms. The SMILES string of the molecule is O=C(c1ccccn1)N1Cc2nccn2C[C@@H](CN2CCOCC2)C1. The number of amides is 1. The monoisotopic (exact) mass is 341 g/mol. The number of fused-ring (bicyclic) bond motifs is 1. The molecule has 2 aromatic rings. The zero-order valence-electron chi connectivity index (χ0n) is 14.3. The Morgan fingerprint density at radius 1 is 1.16 bits per heavy atom. The molecule has 2 aliphatic rings. The van der Waals surface area contributed by atoms with Gasteiger partial charge in [-0.25, -0.2) is 4.98 Å². The zero-order chi connectivity index (χ0) is 17.1. The average Bonchev–Trinajstić information content (AvgIpc) is 3.01. The van der Waals surface area contributed by atoms with Crippen molar-refractivity contribution in [3.63, 3.8) is 0 Å². The van der Waals surface area contributed by atoms with Gasteiger partial charge >= 0.3 is 0 Å². The highest BCUT2D eigenvalue weighted by atomic mass is 16.5. The summed E-state index contributed by atoms with van der Waals surface area (Å²) in [7, 11) is 0. The Hall–Kier alpha value is -2.25. The Bertz CT molecular complexity index is 711. The minimum atomic E-state index is -0.0240. The molecule has 0 bridgehead atoms. The second-order valence-electron chi connectivity index (χ2n) is 6.68. The van der Waals surface area contributed by atoms with Crippen molar-refractivity contribution in [1.82, 2.24) is 24.3 Å². The fourth-order valence-corrected chi connectivity index (χ4v) is 3.61. The molecule has 25 heavy (non-hydrogen) atoms. The van der Waals surface area contributed by atoms with E-state index in [1.54, 1.807) is 12.3 Å². The molecule has 1 amide bonds. The first-order valence-electron chi connectivity index (χ1n) is 8.80. The van der Waals surface area contributed by atoms with Crippen molar-refractivity contribution in [2.45, 2.75) is 13.1 Å². The molecule has 0 aromatic carbocycles. The minimum Gasteiger partial charge on any atom is -0.379 e. The molecular formula is C18H23N5O2. The van der Waals surface area contributed by atoms with Crippen molar-refractivity contribution in [3.05, 3.63) is 48.3 Å². The van der Waals surface area contributed by atoms with Crippen molar-refractivity contribution >= 4 is 5.91 Å². The second kappa shape index (κ2) is 7.33. The first-order valence-corrected chi connectivity index (χ1v) is 8.80. The summed E-state index contributed by atoms with van der Waals surface area (Å²) < 4.78 is 7.62. The van der Waals surface area contributed by atoms with E-state index >= 15 is 0 Å². The lowest BCUT2D eigenvalue weighted by Crippen LogP contribution is -2.43. The maximum absolute atomic E-state index is 12.9. The van der Waals surface area contributed by atoms with Gasteiger partial charge in [-0.2, -0.15) is 0 Å². The number of carbonyl (C=O) groups excluding carboxylic acids is 1. The van der Waals surface area contributed by atoms with Crippen LogP contribution in [-0.2, 0) is 17.8 Å². The molecule has 2 aliphatic heterocycles. The van der Waals surface area contributed by atoms with E-state index in [9.17, 15) is 4.79 Å². The van der Waals surface area contributed by atoms with Crippen LogP contribution in [0, 0.1) is 5.92 Å². The van der Waals surface area contributed by atoms with Crippen LogP contribution >= 0.6 is 0 Å². The summed E-state index contributed by atoms with van der Waals surface area (Å²) in [4.78, 5) is 25.9. The van der Waals surface area contributed by atoms with E-state index in [4.69, 9.17) is 4.74 Å². The van der Waals surface area contributed by atoms with Crippen molar-refractivity contribution in [1.29, 1.82) is 0 Å². The van der Waals surface area contributed by atoms with Crippen molar-refractivity contribution in [2.75, 3.05) is 39.4 Å². The van der Waals surface area contributed by atoms with E-state index in [1.807, 2.05) is 29.4 Å². The lowest BCUT2D eigenvalue weighted by Gasteiger charge is -2.31.